The van der Waals surface area contributed by atoms with Crippen molar-refractivity contribution < 1.29 is 35.9 Å². The number of carbonyl (C=O) groups is 1. The van der Waals surface area contributed by atoms with Crippen LogP contribution in [0.5, 0.6) is 11.5 Å². The van der Waals surface area contributed by atoms with Gasteiger partial charge in [0.05, 0.1) is 36.1 Å². The molecule has 0 spiro atoms. The Hall–Kier alpha value is -3.73. The molecule has 3 aromatic rings. The predicted molar refractivity (Wildman–Crippen MR) is 116 cm³/mol. The van der Waals surface area contributed by atoms with Crippen LogP contribution in [-0.4, -0.2) is 28.5 Å². The Morgan fingerprint density at radius 3 is 2.06 bits per heavy atom. The number of rotatable bonds is 7. The lowest BCUT2D eigenvalue weighted by Gasteiger charge is -2.17. The minimum atomic E-state index is -4.70. The summed E-state index contributed by atoms with van der Waals surface area (Å²) in [4.78, 5) is 11.9. The van der Waals surface area contributed by atoms with Crippen LogP contribution < -0.4 is 19.5 Å². The van der Waals surface area contributed by atoms with Crippen molar-refractivity contribution in [3.8, 4) is 11.5 Å². The van der Waals surface area contributed by atoms with E-state index in [0.29, 0.717) is 11.6 Å². The van der Waals surface area contributed by atoms with Gasteiger partial charge in [0.15, 0.2) is 0 Å². The van der Waals surface area contributed by atoms with Gasteiger partial charge < -0.3 is 14.8 Å². The molecule has 2 N–H and O–H groups in total. The van der Waals surface area contributed by atoms with Crippen molar-refractivity contribution >= 4 is 27.3 Å². The Labute approximate surface area is 188 Å². The normalized spacial score (nSPS) is 11.5. The lowest BCUT2D eigenvalue weighted by molar-refractivity contribution is -0.137. The first-order chi connectivity index (χ1) is 15.5. The third-order valence-corrected chi connectivity index (χ3v) is 5.88. The number of hydrogen-bond acceptors (Lipinski definition) is 5. The third-order valence-electron chi connectivity index (χ3n) is 4.52. The van der Waals surface area contributed by atoms with Gasteiger partial charge in [0.2, 0.25) is 0 Å². The van der Waals surface area contributed by atoms with Crippen LogP contribution in [0.3, 0.4) is 0 Å². The zero-order chi connectivity index (χ0) is 24.2. The molecule has 0 aliphatic rings. The number of carbonyl (C=O) groups excluding carboxylic acids is 1. The SMILES string of the molecule is COc1cc(NS(=O)(=O)c2cccc(C(F)(F)F)c2)c(OC)cc1NC(=O)c1ccccc1. The molecule has 0 atom stereocenters. The van der Waals surface area contributed by atoms with Crippen molar-refractivity contribution in [1.82, 2.24) is 0 Å². The monoisotopic (exact) mass is 480 g/mol. The van der Waals surface area contributed by atoms with Crippen molar-refractivity contribution in [2.45, 2.75) is 11.1 Å². The summed E-state index contributed by atoms with van der Waals surface area (Å²) in [5, 5.41) is 2.65. The quantitative estimate of drug-likeness (QED) is 0.508. The molecule has 0 aliphatic heterocycles. The van der Waals surface area contributed by atoms with Gasteiger partial charge in [0.1, 0.15) is 11.5 Å². The topological polar surface area (TPSA) is 93.7 Å². The van der Waals surface area contributed by atoms with Crippen LogP contribution in [0.15, 0.2) is 71.6 Å². The number of anilines is 2. The summed E-state index contributed by atoms with van der Waals surface area (Å²) < 4.78 is 77.1. The molecular weight excluding hydrogens is 461 g/mol. The van der Waals surface area contributed by atoms with Gasteiger partial charge in [-0.3, -0.25) is 9.52 Å². The largest absolute Gasteiger partial charge is 0.494 e. The Balaban J connectivity index is 1.94. The maximum Gasteiger partial charge on any atom is 0.416 e. The van der Waals surface area contributed by atoms with E-state index >= 15 is 0 Å². The second-order valence-corrected chi connectivity index (χ2v) is 8.39. The molecule has 11 heteroatoms. The highest BCUT2D eigenvalue weighted by atomic mass is 32.2. The molecule has 1 amide bonds. The second kappa shape index (κ2) is 9.41. The van der Waals surface area contributed by atoms with E-state index < -0.39 is 32.6 Å². The maximum atomic E-state index is 13.0. The summed E-state index contributed by atoms with van der Waals surface area (Å²) >= 11 is 0. The smallest absolute Gasteiger partial charge is 0.416 e. The Bertz CT molecular complexity index is 1260. The summed E-state index contributed by atoms with van der Waals surface area (Å²) in [7, 11) is -1.82. The van der Waals surface area contributed by atoms with Gasteiger partial charge in [0, 0.05) is 17.7 Å². The van der Waals surface area contributed by atoms with Gasteiger partial charge in [-0.1, -0.05) is 24.3 Å². The van der Waals surface area contributed by atoms with Crippen LogP contribution in [0.4, 0.5) is 24.5 Å². The molecule has 3 rings (SSSR count). The molecule has 0 saturated heterocycles. The molecular formula is C22H19F3N2O5S. The van der Waals surface area contributed by atoms with Gasteiger partial charge in [0.25, 0.3) is 15.9 Å². The lowest BCUT2D eigenvalue weighted by atomic mass is 10.2. The maximum absolute atomic E-state index is 13.0. The van der Waals surface area contributed by atoms with Crippen molar-refractivity contribution in [2.75, 3.05) is 24.3 Å². The van der Waals surface area contributed by atoms with Crippen molar-refractivity contribution in [3.63, 3.8) is 0 Å². The molecule has 0 fully saturated rings. The highest BCUT2D eigenvalue weighted by Gasteiger charge is 2.32. The number of hydrogen-bond donors (Lipinski definition) is 2. The van der Waals surface area contributed by atoms with Crippen molar-refractivity contribution in [1.29, 1.82) is 0 Å². The second-order valence-electron chi connectivity index (χ2n) is 6.70. The minimum Gasteiger partial charge on any atom is -0.494 e. The summed E-state index contributed by atoms with van der Waals surface area (Å²) in [6.07, 6.45) is -4.70. The Kier molecular flexibility index (Phi) is 6.82. The van der Waals surface area contributed by atoms with Gasteiger partial charge in [-0.2, -0.15) is 13.2 Å². The van der Waals surface area contributed by atoms with Crippen molar-refractivity contribution in [2.24, 2.45) is 0 Å². The molecule has 7 nitrogen and oxygen atoms in total. The number of alkyl halides is 3. The molecule has 0 radical (unpaired) electrons. The molecule has 33 heavy (non-hydrogen) atoms. The molecule has 0 aromatic heterocycles. The van der Waals surface area contributed by atoms with E-state index in [1.807, 2.05) is 0 Å². The molecule has 174 valence electrons. The first-order valence-corrected chi connectivity index (χ1v) is 10.9. The van der Waals surface area contributed by atoms with E-state index in [1.54, 1.807) is 30.3 Å². The molecule has 3 aromatic carbocycles. The molecule has 0 heterocycles. The van der Waals surface area contributed by atoms with Crippen LogP contribution in [0.25, 0.3) is 0 Å². The highest BCUT2D eigenvalue weighted by molar-refractivity contribution is 7.92. The lowest BCUT2D eigenvalue weighted by Crippen LogP contribution is -2.16. The summed E-state index contributed by atoms with van der Waals surface area (Å²) in [6.45, 7) is 0. The van der Waals surface area contributed by atoms with E-state index in [0.717, 1.165) is 18.2 Å². The number of benzene rings is 3. The van der Waals surface area contributed by atoms with Gasteiger partial charge in [-0.25, -0.2) is 8.42 Å². The first kappa shape index (κ1) is 23.9. The predicted octanol–water partition coefficient (Wildman–Crippen LogP) is 4.78. The zero-order valence-corrected chi connectivity index (χ0v) is 18.3. The van der Waals surface area contributed by atoms with E-state index in [-0.39, 0.29) is 22.9 Å². The Morgan fingerprint density at radius 2 is 1.45 bits per heavy atom. The number of halogens is 3. The Morgan fingerprint density at radius 1 is 0.848 bits per heavy atom. The fourth-order valence-electron chi connectivity index (χ4n) is 2.90. The average Bonchev–Trinajstić information content (AvgIpc) is 2.79. The number of amides is 1. The zero-order valence-electron chi connectivity index (χ0n) is 17.4. The van der Waals surface area contributed by atoms with Crippen molar-refractivity contribution in [3.05, 3.63) is 77.9 Å². The number of methoxy groups -OCH3 is 2. The van der Waals surface area contributed by atoms with Crippen LogP contribution in [0.2, 0.25) is 0 Å². The number of sulfonamides is 1. The van der Waals surface area contributed by atoms with Gasteiger partial charge in [-0.05, 0) is 30.3 Å². The molecule has 0 aliphatic carbocycles. The molecule has 0 unspecified atom stereocenters. The summed E-state index contributed by atoms with van der Waals surface area (Å²) in [5.41, 5.74) is -0.614. The third kappa shape index (κ3) is 5.55. The fourth-order valence-corrected chi connectivity index (χ4v) is 4.01. The van der Waals surface area contributed by atoms with Crippen LogP contribution in [0.1, 0.15) is 15.9 Å². The standard InChI is InChI=1S/C22H19F3N2O5S/c1-31-19-13-18(27-33(29,30)16-10-6-9-15(11-16)22(23,24)25)20(32-2)12-17(19)26-21(28)14-7-4-3-5-8-14/h3-13,27H,1-2H3,(H,26,28). The van der Waals surface area contributed by atoms with E-state index in [2.05, 4.69) is 10.0 Å². The van der Waals surface area contributed by atoms with Gasteiger partial charge in [-0.15, -0.1) is 0 Å². The average molecular weight is 480 g/mol. The first-order valence-electron chi connectivity index (χ1n) is 9.37. The minimum absolute atomic E-state index is 0.00899. The highest BCUT2D eigenvalue weighted by Crippen LogP contribution is 2.38. The van der Waals surface area contributed by atoms with E-state index in [1.165, 1.54) is 26.4 Å². The molecule has 0 saturated carbocycles. The molecule has 0 bridgehead atoms. The van der Waals surface area contributed by atoms with Crippen LogP contribution in [-0.2, 0) is 16.2 Å². The summed E-state index contributed by atoms with van der Waals surface area (Å²) in [6, 6.07) is 14.3. The summed E-state index contributed by atoms with van der Waals surface area (Å²) in [5.74, 6) is -0.329. The van der Waals surface area contributed by atoms with Crippen LogP contribution in [0, 0.1) is 0 Å². The van der Waals surface area contributed by atoms with E-state index in [4.69, 9.17) is 9.47 Å². The van der Waals surface area contributed by atoms with E-state index in [9.17, 15) is 26.4 Å². The van der Waals surface area contributed by atoms with Gasteiger partial charge >= 0.3 is 6.18 Å². The fraction of sp³-hybridized carbons (Fsp3) is 0.136. The van der Waals surface area contributed by atoms with Crippen LogP contribution >= 0.6 is 0 Å². The number of nitrogens with one attached hydrogen (secondary N) is 2. The number of ether oxygens (including phenoxy) is 2.